The topological polar surface area (TPSA) is 122 Å². The van der Waals surface area contributed by atoms with Gasteiger partial charge in [0.2, 0.25) is 5.91 Å². The number of H-pyrrole nitrogens is 1. The van der Waals surface area contributed by atoms with Crippen LogP contribution in [-0.2, 0) is 19.1 Å². The zero-order chi connectivity index (χ0) is 27.8. The second kappa shape index (κ2) is 8.92. The third-order valence-electron chi connectivity index (χ3n) is 8.46. The fraction of sp³-hybridized carbons (Fsp3) is 0.310. The molecule has 2 aromatic rings. The van der Waals surface area contributed by atoms with Gasteiger partial charge in [-0.25, -0.2) is 4.39 Å². The normalized spacial score (nSPS) is 24.8. The Morgan fingerprint density at radius 2 is 2.05 bits per heavy atom. The molecule has 1 saturated carbocycles. The molecule has 2 unspecified atom stereocenters. The SMILES string of the molecule is O=C1C=C(F)C2=C(Cl)C=NCC3=C(C2=C1)C(C(=O)OCC(=O)c1ccc2[nH]ncc2c1)CN1C(=O)CC2(CC2)C31. The molecule has 4 heterocycles. The summed E-state index contributed by atoms with van der Waals surface area (Å²) in [6.45, 7) is -0.417. The number of halogens is 2. The Morgan fingerprint density at radius 3 is 2.85 bits per heavy atom. The predicted octanol–water partition coefficient (Wildman–Crippen LogP) is 3.54. The van der Waals surface area contributed by atoms with Crippen LogP contribution in [0.1, 0.15) is 29.6 Å². The lowest BCUT2D eigenvalue weighted by atomic mass is 9.74. The molecule has 1 spiro atoms. The Bertz CT molecular complexity index is 1710. The molecule has 0 bridgehead atoms. The number of aliphatic imine (C=N–C) groups is 1. The third-order valence-corrected chi connectivity index (χ3v) is 8.75. The molecule has 3 aliphatic heterocycles. The highest BCUT2D eigenvalue weighted by atomic mass is 35.5. The van der Waals surface area contributed by atoms with Gasteiger partial charge in [0.15, 0.2) is 18.2 Å². The number of esters is 1. The van der Waals surface area contributed by atoms with Crippen LogP contribution in [0, 0.1) is 11.3 Å². The van der Waals surface area contributed by atoms with Crippen LogP contribution in [0.2, 0.25) is 0 Å². The number of amides is 1. The summed E-state index contributed by atoms with van der Waals surface area (Å²) in [7, 11) is 0. The number of nitrogens with zero attached hydrogens (tertiary/aromatic N) is 3. The van der Waals surface area contributed by atoms with Gasteiger partial charge in [0, 0.05) is 47.2 Å². The number of carbonyl (C=O) groups excluding carboxylic acids is 4. The van der Waals surface area contributed by atoms with Gasteiger partial charge in [0.25, 0.3) is 0 Å². The number of nitrogens with one attached hydrogen (secondary N) is 1. The smallest absolute Gasteiger partial charge is 0.315 e. The van der Waals surface area contributed by atoms with Gasteiger partial charge < -0.3 is 9.64 Å². The molecule has 1 amide bonds. The number of fused-ring (bicyclic) bond motifs is 6. The maximum atomic E-state index is 15.2. The summed E-state index contributed by atoms with van der Waals surface area (Å²) < 4.78 is 20.7. The molecule has 7 rings (SSSR count). The summed E-state index contributed by atoms with van der Waals surface area (Å²) in [5, 5.41) is 7.50. The lowest BCUT2D eigenvalue weighted by molar-refractivity contribution is -0.147. The summed E-state index contributed by atoms with van der Waals surface area (Å²) >= 11 is 6.42. The lowest BCUT2D eigenvalue weighted by Crippen LogP contribution is -2.49. The molecular weight excluding hydrogens is 539 g/mol. The number of aromatic nitrogens is 2. The summed E-state index contributed by atoms with van der Waals surface area (Å²) in [5.41, 5.74) is 2.11. The number of carbonyl (C=O) groups is 4. The maximum Gasteiger partial charge on any atom is 0.315 e. The number of Topliss-reactive ketones (excluding diaryl/α,β-unsaturated/α-hetero) is 1. The number of benzene rings is 1. The summed E-state index contributed by atoms with van der Waals surface area (Å²) in [4.78, 5) is 58.3. The largest absolute Gasteiger partial charge is 0.457 e. The van der Waals surface area contributed by atoms with Crippen molar-refractivity contribution in [1.29, 1.82) is 0 Å². The van der Waals surface area contributed by atoms with Crippen molar-refractivity contribution in [3.05, 3.63) is 75.3 Å². The fourth-order valence-corrected chi connectivity index (χ4v) is 6.76. The quantitative estimate of drug-likeness (QED) is 0.451. The van der Waals surface area contributed by atoms with Crippen molar-refractivity contribution < 1.29 is 28.3 Å². The first kappa shape index (κ1) is 24.8. The van der Waals surface area contributed by atoms with E-state index < -0.39 is 35.9 Å². The molecule has 5 aliphatic rings. The highest BCUT2D eigenvalue weighted by Crippen LogP contribution is 2.62. The van der Waals surface area contributed by atoms with E-state index in [0.717, 1.165) is 29.8 Å². The van der Waals surface area contributed by atoms with E-state index in [9.17, 15) is 19.2 Å². The number of hydrogen-bond donors (Lipinski definition) is 1. The zero-order valence-electron chi connectivity index (χ0n) is 21.1. The van der Waals surface area contributed by atoms with E-state index in [0.29, 0.717) is 23.1 Å². The van der Waals surface area contributed by atoms with Crippen LogP contribution in [-0.4, -0.2) is 70.5 Å². The Labute approximate surface area is 232 Å². The maximum absolute atomic E-state index is 15.2. The first-order chi connectivity index (χ1) is 19.3. The molecule has 1 aromatic carbocycles. The van der Waals surface area contributed by atoms with Gasteiger partial charge in [-0.05, 0) is 53.8 Å². The molecule has 1 saturated heterocycles. The number of allylic oxidation sites excluding steroid dienone is 6. The monoisotopic (exact) mass is 560 g/mol. The first-order valence-corrected chi connectivity index (χ1v) is 13.3. The summed E-state index contributed by atoms with van der Waals surface area (Å²) in [6.07, 6.45) is 7.09. The van der Waals surface area contributed by atoms with Gasteiger partial charge in [0.1, 0.15) is 11.7 Å². The van der Waals surface area contributed by atoms with Crippen molar-refractivity contribution in [3.63, 3.8) is 0 Å². The number of rotatable bonds is 4. The molecule has 0 radical (unpaired) electrons. The highest BCUT2D eigenvalue weighted by Gasteiger charge is 2.62. The number of hydrogen-bond acceptors (Lipinski definition) is 7. The van der Waals surface area contributed by atoms with Crippen molar-refractivity contribution >= 4 is 52.2 Å². The average Bonchev–Trinajstić information content (AvgIpc) is 3.42. The average molecular weight is 561 g/mol. The Kier molecular flexibility index (Phi) is 5.54. The number of ketones is 2. The van der Waals surface area contributed by atoms with Crippen molar-refractivity contribution in [2.75, 3.05) is 19.7 Å². The van der Waals surface area contributed by atoms with Crippen LogP contribution in [0.4, 0.5) is 4.39 Å². The predicted molar refractivity (Wildman–Crippen MR) is 142 cm³/mol. The molecule has 2 atom stereocenters. The van der Waals surface area contributed by atoms with E-state index in [1.807, 2.05) is 0 Å². The van der Waals surface area contributed by atoms with E-state index >= 15 is 4.39 Å². The van der Waals surface area contributed by atoms with Gasteiger partial charge in [-0.3, -0.25) is 29.3 Å². The molecular formula is C29H22ClFN4O5. The molecule has 202 valence electrons. The van der Waals surface area contributed by atoms with Gasteiger partial charge in [0.05, 0.1) is 29.3 Å². The second-order valence-electron chi connectivity index (χ2n) is 10.8. The Hall–Kier alpha value is -4.18. The summed E-state index contributed by atoms with van der Waals surface area (Å²) in [5.74, 6) is -3.71. The minimum atomic E-state index is -1.06. The van der Waals surface area contributed by atoms with Crippen LogP contribution in [0.5, 0.6) is 0 Å². The van der Waals surface area contributed by atoms with Gasteiger partial charge in [-0.15, -0.1) is 0 Å². The molecule has 11 heteroatoms. The molecule has 9 nitrogen and oxygen atoms in total. The first-order valence-electron chi connectivity index (χ1n) is 12.9. The van der Waals surface area contributed by atoms with Crippen molar-refractivity contribution in [2.24, 2.45) is 16.3 Å². The van der Waals surface area contributed by atoms with Crippen molar-refractivity contribution in [2.45, 2.75) is 25.3 Å². The van der Waals surface area contributed by atoms with E-state index in [-0.39, 0.29) is 46.6 Å². The van der Waals surface area contributed by atoms with Crippen LogP contribution in [0.25, 0.3) is 10.9 Å². The molecule has 1 aromatic heterocycles. The van der Waals surface area contributed by atoms with E-state index in [2.05, 4.69) is 15.2 Å². The number of aromatic amines is 1. The third kappa shape index (κ3) is 3.81. The van der Waals surface area contributed by atoms with Crippen molar-refractivity contribution in [1.82, 2.24) is 15.1 Å². The Morgan fingerprint density at radius 1 is 1.23 bits per heavy atom. The van der Waals surface area contributed by atoms with Crippen LogP contribution >= 0.6 is 11.6 Å². The van der Waals surface area contributed by atoms with Gasteiger partial charge >= 0.3 is 5.97 Å². The minimum Gasteiger partial charge on any atom is -0.457 e. The molecule has 1 N–H and O–H groups in total. The molecule has 40 heavy (non-hydrogen) atoms. The lowest BCUT2D eigenvalue weighted by Gasteiger charge is -2.41. The summed E-state index contributed by atoms with van der Waals surface area (Å²) in [6, 6.07) is 4.66. The van der Waals surface area contributed by atoms with Gasteiger partial charge in [-0.1, -0.05) is 11.6 Å². The molecule has 2 fully saturated rings. The van der Waals surface area contributed by atoms with E-state index in [4.69, 9.17) is 16.3 Å². The number of ether oxygens (including phenoxy) is 1. The van der Waals surface area contributed by atoms with Crippen LogP contribution in [0.3, 0.4) is 0 Å². The van der Waals surface area contributed by atoms with Crippen LogP contribution in [0.15, 0.2) is 74.7 Å². The van der Waals surface area contributed by atoms with E-state index in [1.54, 1.807) is 29.3 Å². The van der Waals surface area contributed by atoms with Crippen molar-refractivity contribution in [3.8, 4) is 0 Å². The Balaban J connectivity index is 1.27. The zero-order valence-corrected chi connectivity index (χ0v) is 21.8. The van der Waals surface area contributed by atoms with E-state index in [1.165, 1.54) is 12.3 Å². The van der Waals surface area contributed by atoms with Gasteiger partial charge in [-0.2, -0.15) is 5.10 Å². The van der Waals surface area contributed by atoms with Crippen LogP contribution < -0.4 is 0 Å². The second-order valence-corrected chi connectivity index (χ2v) is 11.2. The highest BCUT2D eigenvalue weighted by molar-refractivity contribution is 6.40. The standard InChI is InChI=1S/C29H22ClFN4O5/c30-20-11-32-10-18-25(17-6-16(36)7-21(31)26(17)20)19(12-35-24(38)8-29(3-4-29)27(18)35)28(39)40-13-23(37)14-1-2-22-15(5-14)9-33-34-22/h1-2,5-7,9,11,19,27H,3-4,8,10,12-13H2,(H,33,34). The molecule has 2 aliphatic carbocycles. The minimum absolute atomic E-state index is 0.00190. The fourth-order valence-electron chi connectivity index (χ4n) is 6.50.